The van der Waals surface area contributed by atoms with Crippen LogP contribution in [0.15, 0.2) is 4.79 Å². The van der Waals surface area contributed by atoms with Crippen LogP contribution in [0.5, 0.6) is 0 Å². The van der Waals surface area contributed by atoms with Crippen LogP contribution < -0.4 is 5.69 Å². The number of nitrogens with zero attached hydrogens (tertiary/aromatic N) is 4. The number of hydrogen-bond donors (Lipinski definition) is 1. The predicted octanol–water partition coefficient (Wildman–Crippen LogP) is 0.782. The highest BCUT2D eigenvalue weighted by atomic mass is 16.3. The first-order valence-corrected chi connectivity index (χ1v) is 9.14. The molecule has 0 bridgehead atoms. The Bertz CT molecular complexity index is 635. The van der Waals surface area contributed by atoms with E-state index in [-0.39, 0.29) is 30.2 Å². The van der Waals surface area contributed by atoms with Gasteiger partial charge >= 0.3 is 5.69 Å². The van der Waals surface area contributed by atoms with Gasteiger partial charge in [0.1, 0.15) is 12.4 Å². The van der Waals surface area contributed by atoms with Gasteiger partial charge in [-0.05, 0) is 37.5 Å². The molecule has 1 saturated heterocycles. The van der Waals surface area contributed by atoms with Crippen LogP contribution in [0.4, 0.5) is 0 Å². The number of fused-ring (bicyclic) bond motifs is 1. The fraction of sp³-hybridized carbons (Fsp3) is 0.824. The first kappa shape index (κ1) is 17.2. The van der Waals surface area contributed by atoms with E-state index in [2.05, 4.69) is 12.0 Å². The lowest BCUT2D eigenvalue weighted by Crippen LogP contribution is -2.46. The summed E-state index contributed by atoms with van der Waals surface area (Å²) in [7, 11) is 0. The van der Waals surface area contributed by atoms with E-state index in [9.17, 15) is 14.7 Å². The molecule has 0 aromatic carbocycles. The molecule has 0 saturated carbocycles. The van der Waals surface area contributed by atoms with Gasteiger partial charge < -0.3 is 10.0 Å². The van der Waals surface area contributed by atoms with Crippen molar-refractivity contribution in [3.63, 3.8) is 0 Å². The highest BCUT2D eigenvalue weighted by Crippen LogP contribution is 2.34. The van der Waals surface area contributed by atoms with Gasteiger partial charge in [-0.25, -0.2) is 9.48 Å². The van der Waals surface area contributed by atoms with Crippen LogP contribution in [0.3, 0.4) is 0 Å². The summed E-state index contributed by atoms with van der Waals surface area (Å²) in [5.41, 5.74) is -0.199. The second-order valence-corrected chi connectivity index (χ2v) is 7.21. The fourth-order valence-corrected chi connectivity index (χ4v) is 3.81. The Morgan fingerprint density at radius 1 is 1.21 bits per heavy atom. The van der Waals surface area contributed by atoms with Crippen LogP contribution in [0, 0.1) is 5.41 Å². The third-order valence-corrected chi connectivity index (χ3v) is 5.83. The minimum atomic E-state index is -0.157. The number of likely N-dealkylation sites (tertiary alicyclic amines) is 1. The zero-order chi connectivity index (χ0) is 17.2. The van der Waals surface area contributed by atoms with Gasteiger partial charge in [-0.1, -0.05) is 13.3 Å². The minimum Gasteiger partial charge on any atom is -0.396 e. The van der Waals surface area contributed by atoms with Crippen LogP contribution in [-0.4, -0.2) is 50.0 Å². The molecule has 134 valence electrons. The van der Waals surface area contributed by atoms with Crippen molar-refractivity contribution in [3.8, 4) is 0 Å². The summed E-state index contributed by atoms with van der Waals surface area (Å²) in [6.45, 7) is 4.30. The third-order valence-electron chi connectivity index (χ3n) is 5.83. The molecule has 7 heteroatoms. The van der Waals surface area contributed by atoms with Crippen molar-refractivity contribution in [1.82, 2.24) is 19.2 Å². The number of aliphatic hydroxyl groups excluding tert-OH is 1. The van der Waals surface area contributed by atoms with E-state index in [1.54, 1.807) is 9.47 Å². The number of aliphatic hydroxyl groups is 1. The highest BCUT2D eigenvalue weighted by molar-refractivity contribution is 5.76. The van der Waals surface area contributed by atoms with Gasteiger partial charge in [0.05, 0.1) is 0 Å². The Kier molecular flexibility index (Phi) is 5.08. The number of rotatable bonds is 4. The van der Waals surface area contributed by atoms with Gasteiger partial charge in [-0.2, -0.15) is 5.10 Å². The zero-order valence-corrected chi connectivity index (χ0v) is 14.5. The highest BCUT2D eigenvalue weighted by Gasteiger charge is 2.34. The van der Waals surface area contributed by atoms with Crippen molar-refractivity contribution >= 4 is 5.91 Å². The molecular formula is C17H28N4O3. The lowest BCUT2D eigenvalue weighted by atomic mass is 9.77. The molecule has 1 fully saturated rings. The average molecular weight is 336 g/mol. The monoisotopic (exact) mass is 336 g/mol. The number of amides is 1. The molecule has 2 aliphatic rings. The number of aryl methyl sites for hydroxylation is 1. The Labute approximate surface area is 142 Å². The van der Waals surface area contributed by atoms with Crippen LogP contribution in [0.1, 0.15) is 51.3 Å². The summed E-state index contributed by atoms with van der Waals surface area (Å²) in [5.74, 6) is 0.766. The molecule has 1 N–H and O–H groups in total. The first-order valence-electron chi connectivity index (χ1n) is 9.14. The quantitative estimate of drug-likeness (QED) is 0.881. The molecule has 1 amide bonds. The molecule has 3 rings (SSSR count). The number of carbonyl (C=O) groups excluding carboxylic acids is 1. The number of piperidine rings is 1. The van der Waals surface area contributed by atoms with Crippen LogP contribution in [0.25, 0.3) is 0 Å². The number of aromatic nitrogens is 3. The van der Waals surface area contributed by atoms with E-state index >= 15 is 0 Å². The summed E-state index contributed by atoms with van der Waals surface area (Å²) in [5, 5.41) is 14.0. The SMILES string of the molecule is CCC1(CO)CCN(C(=O)Cn2nc3n(c2=O)CCCCC3)CC1. The van der Waals surface area contributed by atoms with Crippen molar-refractivity contribution in [1.29, 1.82) is 0 Å². The molecule has 7 nitrogen and oxygen atoms in total. The predicted molar refractivity (Wildman–Crippen MR) is 89.7 cm³/mol. The zero-order valence-electron chi connectivity index (χ0n) is 14.5. The number of carbonyl (C=O) groups is 1. The minimum absolute atomic E-state index is 0.0249. The van der Waals surface area contributed by atoms with Crippen LogP contribution in [0.2, 0.25) is 0 Å². The van der Waals surface area contributed by atoms with Gasteiger partial charge in [0.25, 0.3) is 0 Å². The molecule has 24 heavy (non-hydrogen) atoms. The maximum atomic E-state index is 12.5. The maximum Gasteiger partial charge on any atom is 0.346 e. The molecule has 0 spiro atoms. The van der Waals surface area contributed by atoms with Gasteiger partial charge in [-0.15, -0.1) is 0 Å². The standard InChI is InChI=1S/C17H28N4O3/c1-2-17(13-22)7-10-19(11-8-17)15(23)12-21-16(24)20-9-5-3-4-6-14(20)18-21/h22H,2-13H2,1H3. The molecule has 1 aromatic heterocycles. The molecule has 1 aromatic rings. The maximum absolute atomic E-state index is 12.5. The smallest absolute Gasteiger partial charge is 0.346 e. The van der Waals surface area contributed by atoms with E-state index in [1.807, 2.05) is 0 Å². The largest absolute Gasteiger partial charge is 0.396 e. The van der Waals surface area contributed by atoms with Gasteiger partial charge in [-0.3, -0.25) is 9.36 Å². The fourth-order valence-electron chi connectivity index (χ4n) is 3.81. The summed E-state index contributed by atoms with van der Waals surface area (Å²) >= 11 is 0. The van der Waals surface area contributed by atoms with Gasteiger partial charge in [0.2, 0.25) is 5.91 Å². The normalized spacial score (nSPS) is 20.5. The van der Waals surface area contributed by atoms with Crippen LogP contribution in [-0.2, 0) is 24.3 Å². The topological polar surface area (TPSA) is 80.4 Å². The van der Waals surface area contributed by atoms with E-state index in [0.29, 0.717) is 19.6 Å². The lowest BCUT2D eigenvalue weighted by Gasteiger charge is -2.40. The second-order valence-electron chi connectivity index (χ2n) is 7.21. The molecule has 2 aliphatic heterocycles. The molecule has 3 heterocycles. The molecule has 0 aliphatic carbocycles. The van der Waals surface area contributed by atoms with Gasteiger partial charge in [0, 0.05) is 32.7 Å². The second kappa shape index (κ2) is 7.09. The molecular weight excluding hydrogens is 308 g/mol. The van der Waals surface area contributed by atoms with E-state index in [1.165, 1.54) is 4.68 Å². The van der Waals surface area contributed by atoms with Crippen molar-refractivity contribution in [2.75, 3.05) is 19.7 Å². The van der Waals surface area contributed by atoms with Crippen molar-refractivity contribution < 1.29 is 9.90 Å². The summed E-state index contributed by atoms with van der Waals surface area (Å²) in [6.07, 6.45) is 6.56. The van der Waals surface area contributed by atoms with Crippen molar-refractivity contribution in [3.05, 3.63) is 16.3 Å². The van der Waals surface area contributed by atoms with Crippen molar-refractivity contribution in [2.24, 2.45) is 5.41 Å². The van der Waals surface area contributed by atoms with E-state index in [4.69, 9.17) is 0 Å². The van der Waals surface area contributed by atoms with Crippen LogP contribution >= 0.6 is 0 Å². The molecule has 0 atom stereocenters. The lowest BCUT2D eigenvalue weighted by molar-refractivity contribution is -0.135. The third kappa shape index (κ3) is 3.27. The van der Waals surface area contributed by atoms with Gasteiger partial charge in [0.15, 0.2) is 0 Å². The summed E-state index contributed by atoms with van der Waals surface area (Å²) in [6, 6.07) is 0. The molecule has 0 unspecified atom stereocenters. The van der Waals surface area contributed by atoms with Crippen molar-refractivity contribution in [2.45, 2.75) is 65.0 Å². The van der Waals surface area contributed by atoms with E-state index in [0.717, 1.165) is 50.8 Å². The molecule has 0 radical (unpaired) electrons. The Morgan fingerprint density at radius 3 is 2.62 bits per heavy atom. The Morgan fingerprint density at radius 2 is 1.96 bits per heavy atom. The Balaban J connectivity index is 1.65. The summed E-state index contributed by atoms with van der Waals surface area (Å²) in [4.78, 5) is 26.8. The summed E-state index contributed by atoms with van der Waals surface area (Å²) < 4.78 is 3.06. The Hall–Kier alpha value is -1.63. The average Bonchev–Trinajstić information content (AvgIpc) is 2.79. The number of hydrogen-bond acceptors (Lipinski definition) is 4. The first-order chi connectivity index (χ1) is 11.6. The van der Waals surface area contributed by atoms with E-state index < -0.39 is 0 Å².